The lowest BCUT2D eigenvalue weighted by Crippen LogP contribution is -2.11. The summed E-state index contributed by atoms with van der Waals surface area (Å²) in [6.45, 7) is 2.86. The highest BCUT2D eigenvalue weighted by atomic mass is 16.5. The molecule has 0 aliphatic heterocycles. The first kappa shape index (κ1) is 19.8. The molecule has 1 unspecified atom stereocenters. The number of unbranched alkanes of at least 4 members (excludes halogenated alkanes) is 4. The van der Waals surface area contributed by atoms with E-state index in [0.29, 0.717) is 19.4 Å². The van der Waals surface area contributed by atoms with Crippen LogP contribution in [0.4, 0.5) is 0 Å². The van der Waals surface area contributed by atoms with Gasteiger partial charge in [0.05, 0.1) is 25.9 Å². The molecule has 1 aliphatic rings. The molecule has 1 rings (SSSR count). The first-order valence-corrected chi connectivity index (χ1v) is 8.79. The van der Waals surface area contributed by atoms with E-state index in [1.54, 1.807) is 0 Å². The van der Waals surface area contributed by atoms with Crippen molar-refractivity contribution < 1.29 is 24.2 Å². The lowest BCUT2D eigenvalue weighted by Gasteiger charge is -2.05. The van der Waals surface area contributed by atoms with E-state index in [-0.39, 0.29) is 31.1 Å². The predicted molar refractivity (Wildman–Crippen MR) is 88.1 cm³/mol. The number of allylic oxidation sites excluding steroid dienone is 1. The van der Waals surface area contributed by atoms with Crippen LogP contribution in [0.15, 0.2) is 11.6 Å². The maximum atomic E-state index is 11.8. The van der Waals surface area contributed by atoms with E-state index in [2.05, 4.69) is 6.92 Å². The van der Waals surface area contributed by atoms with Crippen LogP contribution in [0.5, 0.6) is 0 Å². The van der Waals surface area contributed by atoms with E-state index in [1.165, 1.54) is 0 Å². The first-order chi connectivity index (χ1) is 11.2. The molecule has 0 heterocycles. The van der Waals surface area contributed by atoms with Gasteiger partial charge in [-0.05, 0) is 37.3 Å². The van der Waals surface area contributed by atoms with Gasteiger partial charge in [0.25, 0.3) is 0 Å². The molecule has 132 valence electrons. The molecule has 0 saturated carbocycles. The molecule has 5 heteroatoms. The summed E-state index contributed by atoms with van der Waals surface area (Å²) >= 11 is 0. The summed E-state index contributed by atoms with van der Waals surface area (Å²) in [5, 5.41) is 8.72. The van der Waals surface area contributed by atoms with Crippen molar-refractivity contribution in [2.75, 3.05) is 19.8 Å². The third-order valence-corrected chi connectivity index (χ3v) is 3.89. The smallest absolute Gasteiger partial charge is 0.305 e. The molecule has 0 fully saturated rings. The van der Waals surface area contributed by atoms with Crippen LogP contribution in [0.1, 0.15) is 64.7 Å². The second-order valence-corrected chi connectivity index (χ2v) is 5.94. The highest BCUT2D eigenvalue weighted by molar-refractivity contribution is 5.98. The van der Waals surface area contributed by atoms with Crippen LogP contribution < -0.4 is 0 Å². The Morgan fingerprint density at radius 3 is 2.74 bits per heavy atom. The molecule has 0 spiro atoms. The number of Topliss-reactive ketones (excluding diaryl/α,β-unsaturated/α-hetero) is 1. The van der Waals surface area contributed by atoms with E-state index in [9.17, 15) is 9.59 Å². The van der Waals surface area contributed by atoms with Gasteiger partial charge in [0.1, 0.15) is 0 Å². The summed E-state index contributed by atoms with van der Waals surface area (Å²) in [5.74, 6) is 0.0587. The van der Waals surface area contributed by atoms with E-state index < -0.39 is 0 Å². The molecular weight excluding hydrogens is 296 g/mol. The maximum absolute atomic E-state index is 11.8. The van der Waals surface area contributed by atoms with Gasteiger partial charge in [-0.25, -0.2) is 0 Å². The molecule has 5 nitrogen and oxygen atoms in total. The predicted octanol–water partition coefficient (Wildman–Crippen LogP) is 2.95. The zero-order valence-electron chi connectivity index (χ0n) is 14.2. The molecule has 1 atom stereocenters. The minimum absolute atomic E-state index is 0.0191. The third kappa shape index (κ3) is 8.86. The lowest BCUT2D eigenvalue weighted by molar-refractivity contribution is -0.143. The van der Waals surface area contributed by atoms with Crippen LogP contribution in [0.25, 0.3) is 0 Å². The summed E-state index contributed by atoms with van der Waals surface area (Å²) in [6, 6.07) is 0. The molecule has 0 aromatic carbocycles. The Morgan fingerprint density at radius 2 is 2.00 bits per heavy atom. The SMILES string of the molecule is CCCCOC(=O)CCCCCCC1=CC(OCCO)CC1=O. The zero-order chi connectivity index (χ0) is 16.9. The molecule has 0 aromatic heterocycles. The minimum atomic E-state index is -0.164. The number of ketones is 1. The molecular formula is C18H30O5. The summed E-state index contributed by atoms with van der Waals surface area (Å²) in [4.78, 5) is 23.2. The monoisotopic (exact) mass is 326 g/mol. The van der Waals surface area contributed by atoms with Crippen LogP contribution in [-0.2, 0) is 19.1 Å². The fourth-order valence-corrected chi connectivity index (χ4v) is 2.56. The highest BCUT2D eigenvalue weighted by Crippen LogP contribution is 2.22. The fraction of sp³-hybridized carbons (Fsp3) is 0.778. The fourth-order valence-electron chi connectivity index (χ4n) is 2.56. The summed E-state index contributed by atoms with van der Waals surface area (Å²) in [7, 11) is 0. The molecule has 0 aromatic rings. The van der Waals surface area contributed by atoms with Gasteiger partial charge in [-0.3, -0.25) is 9.59 Å². The van der Waals surface area contributed by atoms with E-state index in [0.717, 1.165) is 50.5 Å². The number of carbonyl (C=O) groups excluding carboxylic acids is 2. The van der Waals surface area contributed by atoms with Crippen molar-refractivity contribution in [1.82, 2.24) is 0 Å². The number of hydrogen-bond acceptors (Lipinski definition) is 5. The molecule has 0 radical (unpaired) electrons. The summed E-state index contributed by atoms with van der Waals surface area (Å²) in [6.07, 6.45) is 9.15. The number of ether oxygens (including phenoxy) is 2. The third-order valence-electron chi connectivity index (χ3n) is 3.89. The minimum Gasteiger partial charge on any atom is -0.466 e. The first-order valence-electron chi connectivity index (χ1n) is 8.79. The lowest BCUT2D eigenvalue weighted by atomic mass is 10.0. The van der Waals surface area contributed by atoms with Gasteiger partial charge in [0.2, 0.25) is 0 Å². The zero-order valence-corrected chi connectivity index (χ0v) is 14.2. The van der Waals surface area contributed by atoms with Gasteiger partial charge in [0.15, 0.2) is 5.78 Å². The normalized spacial score (nSPS) is 17.4. The van der Waals surface area contributed by atoms with Crippen LogP contribution >= 0.6 is 0 Å². The second kappa shape index (κ2) is 12.3. The summed E-state index contributed by atoms with van der Waals surface area (Å²) < 4.78 is 10.5. The van der Waals surface area contributed by atoms with Crippen molar-refractivity contribution in [3.8, 4) is 0 Å². The molecule has 0 amide bonds. The van der Waals surface area contributed by atoms with Crippen molar-refractivity contribution >= 4 is 11.8 Å². The number of aliphatic hydroxyl groups is 1. The van der Waals surface area contributed by atoms with E-state index in [1.807, 2.05) is 6.08 Å². The van der Waals surface area contributed by atoms with Gasteiger partial charge < -0.3 is 14.6 Å². The largest absolute Gasteiger partial charge is 0.466 e. The Kier molecular flexibility index (Phi) is 10.6. The number of carbonyl (C=O) groups is 2. The van der Waals surface area contributed by atoms with E-state index >= 15 is 0 Å². The van der Waals surface area contributed by atoms with Crippen LogP contribution in [0.2, 0.25) is 0 Å². The van der Waals surface area contributed by atoms with Crippen LogP contribution in [0.3, 0.4) is 0 Å². The van der Waals surface area contributed by atoms with Gasteiger partial charge >= 0.3 is 5.97 Å². The average molecular weight is 326 g/mol. The standard InChI is InChI=1S/C18H30O5/c1-2-3-11-23-18(21)9-7-5-4-6-8-15-13-16(14-17(15)20)22-12-10-19/h13,16,19H,2-12,14H2,1H3. The molecule has 1 aliphatic carbocycles. The number of hydrogen-bond donors (Lipinski definition) is 1. The quantitative estimate of drug-likeness (QED) is 0.416. The Morgan fingerprint density at radius 1 is 1.22 bits per heavy atom. The van der Waals surface area contributed by atoms with Crippen molar-refractivity contribution in [3.63, 3.8) is 0 Å². The maximum Gasteiger partial charge on any atom is 0.305 e. The Bertz CT molecular complexity index is 389. The average Bonchev–Trinajstić information content (AvgIpc) is 2.89. The molecule has 0 saturated heterocycles. The van der Waals surface area contributed by atoms with Crippen LogP contribution in [0, 0.1) is 0 Å². The Balaban J connectivity index is 2.04. The number of aliphatic hydroxyl groups excluding tert-OH is 1. The van der Waals surface area contributed by atoms with Crippen molar-refractivity contribution in [2.24, 2.45) is 0 Å². The van der Waals surface area contributed by atoms with E-state index in [4.69, 9.17) is 14.6 Å². The second-order valence-electron chi connectivity index (χ2n) is 5.94. The van der Waals surface area contributed by atoms with Gasteiger partial charge in [-0.2, -0.15) is 0 Å². The number of rotatable bonds is 13. The van der Waals surface area contributed by atoms with Crippen LogP contribution in [-0.4, -0.2) is 42.8 Å². The number of esters is 1. The molecule has 23 heavy (non-hydrogen) atoms. The molecule has 0 bridgehead atoms. The van der Waals surface area contributed by atoms with Gasteiger partial charge in [0, 0.05) is 12.8 Å². The Hall–Kier alpha value is -1.20. The van der Waals surface area contributed by atoms with Gasteiger partial charge in [-0.15, -0.1) is 0 Å². The Labute approximate surface area is 139 Å². The van der Waals surface area contributed by atoms with Crippen molar-refractivity contribution in [2.45, 2.75) is 70.8 Å². The van der Waals surface area contributed by atoms with Crippen molar-refractivity contribution in [3.05, 3.63) is 11.6 Å². The van der Waals surface area contributed by atoms with Gasteiger partial charge in [-0.1, -0.05) is 26.2 Å². The summed E-state index contributed by atoms with van der Waals surface area (Å²) in [5.41, 5.74) is 0.854. The topological polar surface area (TPSA) is 72.8 Å². The molecule has 1 N–H and O–H groups in total. The van der Waals surface area contributed by atoms with Crippen molar-refractivity contribution in [1.29, 1.82) is 0 Å². The highest BCUT2D eigenvalue weighted by Gasteiger charge is 2.23.